The summed E-state index contributed by atoms with van der Waals surface area (Å²) in [6.45, 7) is 1.99. The van der Waals surface area contributed by atoms with E-state index in [4.69, 9.17) is 16.2 Å². The second-order valence-electron chi connectivity index (χ2n) is 11.1. The number of benzene rings is 6. The van der Waals surface area contributed by atoms with Gasteiger partial charge in [-0.05, 0) is 89.5 Å². The van der Waals surface area contributed by atoms with Gasteiger partial charge >= 0.3 is 0 Å². The molecule has 0 amide bonds. The molecule has 6 aromatic carbocycles. The van der Waals surface area contributed by atoms with E-state index in [0.29, 0.717) is 33.3 Å². The topological polar surface area (TPSA) is 260 Å². The Balaban J connectivity index is 0.00000314. The van der Waals surface area contributed by atoms with Gasteiger partial charge in [0.1, 0.15) is 32.6 Å². The molecule has 19 heteroatoms. The third kappa shape index (κ3) is 8.98. The minimum atomic E-state index is -4.82. The number of azo groups is 2. The number of ether oxygens (including phenoxy) is 1. The van der Waals surface area contributed by atoms with Crippen molar-refractivity contribution < 1.29 is 40.9 Å². The number of fused-ring (bicyclic) bond motifs is 2. The number of hydrogen-bond donors (Lipinski definition) is 6. The first kappa shape index (κ1) is 41.6. The summed E-state index contributed by atoms with van der Waals surface area (Å²) in [6, 6.07) is 22.7. The van der Waals surface area contributed by atoms with Gasteiger partial charge in [0.25, 0.3) is 20.2 Å². The van der Waals surface area contributed by atoms with Crippen LogP contribution in [0.2, 0.25) is 0 Å². The summed E-state index contributed by atoms with van der Waals surface area (Å²) in [5.41, 5.74) is 13.2. The van der Waals surface area contributed by atoms with E-state index in [-0.39, 0.29) is 93.6 Å². The maximum absolute atomic E-state index is 12.2. The normalized spacial score (nSPS) is 11.9. The Bertz CT molecular complexity index is 2660. The molecule has 6 rings (SSSR count). The van der Waals surface area contributed by atoms with Crippen LogP contribution in [0.15, 0.2) is 121 Å². The monoisotopic (exact) mass is 774 g/mol. The summed E-state index contributed by atoms with van der Waals surface area (Å²) >= 11 is 0. The molecule has 0 fully saturated rings. The molecule has 0 atom stereocenters. The minimum Gasteiger partial charge on any atom is -0.505 e. The Kier molecular flexibility index (Phi) is 12.9. The molecular formula is C34H28N6Na2O9S2. The van der Waals surface area contributed by atoms with Crippen LogP contribution in [-0.2, 0) is 20.2 Å². The van der Waals surface area contributed by atoms with Gasteiger partial charge in [-0.1, -0.05) is 30.3 Å². The third-order valence-electron chi connectivity index (χ3n) is 7.69. The summed E-state index contributed by atoms with van der Waals surface area (Å²) < 4.78 is 74.1. The van der Waals surface area contributed by atoms with Gasteiger partial charge in [0.05, 0.1) is 12.3 Å². The van der Waals surface area contributed by atoms with Crippen molar-refractivity contribution in [1.82, 2.24) is 0 Å². The van der Waals surface area contributed by atoms with Crippen LogP contribution >= 0.6 is 0 Å². The van der Waals surface area contributed by atoms with E-state index < -0.39 is 52.9 Å². The summed E-state index contributed by atoms with van der Waals surface area (Å²) in [5, 5.41) is 38.9. The van der Waals surface area contributed by atoms with Gasteiger partial charge in [0.15, 0.2) is 11.5 Å². The first-order chi connectivity index (χ1) is 24.1. The number of hydrogen-bond acceptors (Lipinski definition) is 13. The molecule has 0 bridgehead atoms. The number of nitrogens with zero attached hydrogens (tertiary/aromatic N) is 4. The van der Waals surface area contributed by atoms with Crippen molar-refractivity contribution in [3.63, 3.8) is 0 Å². The first-order valence-corrected chi connectivity index (χ1v) is 17.8. The number of phenols is 2. The predicted octanol–water partition coefficient (Wildman–Crippen LogP) is 7.20. The van der Waals surface area contributed by atoms with E-state index in [1.807, 2.05) is 0 Å². The second kappa shape index (κ2) is 16.5. The zero-order valence-corrected chi connectivity index (χ0v) is 34.1. The maximum atomic E-state index is 12.2. The van der Waals surface area contributed by atoms with E-state index in [2.05, 4.69) is 20.5 Å². The van der Waals surface area contributed by atoms with Gasteiger partial charge in [-0.2, -0.15) is 21.9 Å². The van der Waals surface area contributed by atoms with Crippen LogP contribution in [0.25, 0.3) is 32.7 Å². The molecule has 0 aliphatic rings. The van der Waals surface area contributed by atoms with E-state index in [1.54, 1.807) is 49.4 Å². The average Bonchev–Trinajstić information content (AvgIpc) is 3.07. The Labute approximate surface area is 347 Å². The van der Waals surface area contributed by atoms with Crippen molar-refractivity contribution in [3.05, 3.63) is 91.0 Å². The Morgan fingerprint density at radius 2 is 1.08 bits per heavy atom. The van der Waals surface area contributed by atoms with Crippen LogP contribution in [0, 0.1) is 0 Å². The number of aromatic hydroxyl groups is 2. The first-order valence-electron chi connectivity index (χ1n) is 14.9. The van der Waals surface area contributed by atoms with Gasteiger partial charge in [-0.15, -0.1) is 15.3 Å². The molecule has 0 aliphatic carbocycles. The standard InChI is InChI=1S/C34H28N6O9S2.2Na/c1-2-49-28-13-19(7-12-27(28)38-40-32-30(51(46,47)48)15-21-4-9-23(36)17-26(21)34(32)42)18-5-10-24(11-6-18)37-39-31-29(50(43,44)45)14-20-3-8-22(35)16-25(20)33(31)41;;/h3-17,41-42H,2,35-36H2,1H3,(H,43,44,45)(H,46,47,48);;. The molecule has 0 saturated heterocycles. The zero-order valence-electron chi connectivity index (χ0n) is 28.5. The van der Waals surface area contributed by atoms with Crippen molar-refractivity contribution in [2.24, 2.45) is 20.5 Å². The van der Waals surface area contributed by atoms with Crippen molar-refractivity contribution in [3.8, 4) is 28.4 Å². The van der Waals surface area contributed by atoms with Crippen molar-refractivity contribution in [1.29, 1.82) is 0 Å². The molecule has 0 saturated carbocycles. The van der Waals surface area contributed by atoms with Gasteiger partial charge in [0.2, 0.25) is 0 Å². The van der Waals surface area contributed by atoms with E-state index >= 15 is 0 Å². The van der Waals surface area contributed by atoms with Gasteiger partial charge in [0, 0.05) is 81.3 Å². The van der Waals surface area contributed by atoms with Crippen molar-refractivity contribution >= 4 is 135 Å². The Hall–Kier alpha value is -4.14. The van der Waals surface area contributed by atoms with Gasteiger partial charge in [-0.25, -0.2) is 0 Å². The Morgan fingerprint density at radius 3 is 1.55 bits per heavy atom. The molecule has 8 N–H and O–H groups in total. The van der Waals surface area contributed by atoms with Crippen molar-refractivity contribution in [2.75, 3.05) is 18.1 Å². The minimum absolute atomic E-state index is 0. The number of phenolic OH excluding ortho intramolecular Hbond substituents is 2. The second-order valence-corrected chi connectivity index (χ2v) is 13.9. The summed E-state index contributed by atoms with van der Waals surface area (Å²) in [4.78, 5) is -1.28. The average molecular weight is 775 g/mol. The third-order valence-corrected chi connectivity index (χ3v) is 9.43. The van der Waals surface area contributed by atoms with Gasteiger partial charge in [-0.3, -0.25) is 9.11 Å². The maximum Gasteiger partial charge on any atom is 0.296 e. The summed E-state index contributed by atoms with van der Waals surface area (Å²) in [5.74, 6) is -0.799. The summed E-state index contributed by atoms with van der Waals surface area (Å²) in [7, 11) is -9.60. The Morgan fingerprint density at radius 1 is 0.604 bits per heavy atom. The molecule has 15 nitrogen and oxygen atoms in total. The smallest absolute Gasteiger partial charge is 0.296 e. The van der Waals surface area contributed by atoms with E-state index in [9.17, 15) is 36.2 Å². The number of nitrogen functional groups attached to an aromatic ring is 2. The number of anilines is 2. The molecule has 0 heterocycles. The summed E-state index contributed by atoms with van der Waals surface area (Å²) in [6.07, 6.45) is 0. The van der Waals surface area contributed by atoms with Crippen LogP contribution in [0.4, 0.5) is 34.1 Å². The molecule has 53 heavy (non-hydrogen) atoms. The molecule has 0 unspecified atom stereocenters. The molecule has 0 aromatic heterocycles. The van der Waals surface area contributed by atoms with Crippen LogP contribution in [0.5, 0.6) is 17.2 Å². The number of rotatable bonds is 9. The number of nitrogens with two attached hydrogens (primary N) is 2. The van der Waals surface area contributed by atoms with E-state index in [0.717, 1.165) is 12.1 Å². The quantitative estimate of drug-likeness (QED) is 0.0370. The van der Waals surface area contributed by atoms with Crippen LogP contribution in [-0.4, -0.2) is 102 Å². The van der Waals surface area contributed by atoms with Gasteiger partial charge < -0.3 is 26.4 Å². The molecular weight excluding hydrogens is 747 g/mol. The van der Waals surface area contributed by atoms with Crippen LogP contribution < -0.4 is 16.2 Å². The fourth-order valence-electron chi connectivity index (χ4n) is 5.28. The molecule has 2 radical (unpaired) electrons. The van der Waals surface area contributed by atoms with Crippen LogP contribution in [0.1, 0.15) is 6.92 Å². The van der Waals surface area contributed by atoms with Crippen molar-refractivity contribution in [2.45, 2.75) is 16.7 Å². The largest absolute Gasteiger partial charge is 0.505 e. The van der Waals surface area contributed by atoms with Crippen LogP contribution in [0.3, 0.4) is 0 Å². The molecule has 6 aromatic rings. The molecule has 262 valence electrons. The fraction of sp³-hybridized carbons (Fsp3) is 0.0588. The SMILES string of the molecule is CCOc1cc(-c2ccc(N=Nc3c(S(=O)(=O)O)cc4ccc(N)cc4c3O)cc2)ccc1N=Nc1c(S(=O)(=O)O)cc2ccc(N)cc2c1O.[Na].[Na]. The predicted molar refractivity (Wildman–Crippen MR) is 203 cm³/mol. The molecule has 0 spiro atoms. The zero-order chi connectivity index (χ0) is 36.7. The van der Waals surface area contributed by atoms with E-state index in [1.165, 1.54) is 36.4 Å². The fourth-order valence-corrected chi connectivity index (χ4v) is 6.60. The molecule has 0 aliphatic heterocycles.